The molecule has 0 atom stereocenters. The van der Waals surface area contributed by atoms with Crippen molar-refractivity contribution in [3.8, 4) is 17.1 Å². The molecule has 0 aliphatic heterocycles. The molecule has 0 saturated heterocycles. The Morgan fingerprint density at radius 2 is 1.84 bits per heavy atom. The van der Waals surface area contributed by atoms with Gasteiger partial charge in [-0.25, -0.2) is 4.98 Å². The van der Waals surface area contributed by atoms with Crippen molar-refractivity contribution < 1.29 is 9.90 Å². The number of carbonyl (C=O) groups is 1. The van der Waals surface area contributed by atoms with E-state index in [1.807, 2.05) is 24.3 Å². The third-order valence-corrected chi connectivity index (χ3v) is 6.61. The number of aromatic nitrogens is 2. The van der Waals surface area contributed by atoms with Crippen LogP contribution in [0.3, 0.4) is 0 Å². The Bertz CT molecular complexity index is 1090. The van der Waals surface area contributed by atoms with Gasteiger partial charge in [0.15, 0.2) is 5.69 Å². The van der Waals surface area contributed by atoms with Gasteiger partial charge in [0.05, 0.1) is 17.3 Å². The smallest absolute Gasteiger partial charge is 0.272 e. The molecule has 5 nitrogen and oxygen atoms in total. The van der Waals surface area contributed by atoms with Crippen molar-refractivity contribution in [2.45, 2.75) is 44.8 Å². The molecule has 2 aromatic carbocycles. The van der Waals surface area contributed by atoms with Crippen LogP contribution in [-0.4, -0.2) is 26.6 Å². The molecule has 0 radical (unpaired) electrons. The lowest BCUT2D eigenvalue weighted by Gasteiger charge is -2.22. The van der Waals surface area contributed by atoms with E-state index in [4.69, 9.17) is 23.2 Å². The standard InChI is InChI=1S/C23H22BrCl2N3O2/c24-14-6-9-17(10-7-14)29-20(13-30)21(23(31)27-16-4-2-1-3-5-16)28-22(29)18-11-8-15(25)12-19(18)26/h6-12,16,30H,1-5,13H2,(H,27,31). The fraction of sp³-hybridized carbons (Fsp3) is 0.304. The van der Waals surface area contributed by atoms with E-state index in [1.165, 1.54) is 6.42 Å². The number of aliphatic hydroxyl groups excluding tert-OH is 1. The first kappa shape index (κ1) is 22.3. The van der Waals surface area contributed by atoms with Crippen LogP contribution in [0, 0.1) is 0 Å². The summed E-state index contributed by atoms with van der Waals surface area (Å²) in [6.45, 7) is -0.346. The van der Waals surface area contributed by atoms with Gasteiger partial charge in [-0.2, -0.15) is 0 Å². The van der Waals surface area contributed by atoms with Gasteiger partial charge in [-0.15, -0.1) is 0 Å². The number of benzene rings is 2. The van der Waals surface area contributed by atoms with E-state index in [2.05, 4.69) is 26.2 Å². The predicted octanol–water partition coefficient (Wildman–Crippen LogP) is 6.16. The van der Waals surface area contributed by atoms with Gasteiger partial charge in [0, 0.05) is 26.8 Å². The number of halogens is 3. The highest BCUT2D eigenvalue weighted by Gasteiger charge is 2.26. The minimum absolute atomic E-state index is 0.133. The molecule has 1 aliphatic carbocycles. The summed E-state index contributed by atoms with van der Waals surface area (Å²) in [5.74, 6) is 0.194. The van der Waals surface area contributed by atoms with Crippen molar-refractivity contribution in [1.82, 2.24) is 14.9 Å². The molecule has 8 heteroatoms. The van der Waals surface area contributed by atoms with E-state index < -0.39 is 0 Å². The second-order valence-corrected chi connectivity index (χ2v) is 9.39. The van der Waals surface area contributed by atoms with E-state index in [-0.39, 0.29) is 24.2 Å². The van der Waals surface area contributed by atoms with Crippen LogP contribution in [0.4, 0.5) is 0 Å². The normalized spacial score (nSPS) is 14.6. The third kappa shape index (κ3) is 4.82. The van der Waals surface area contributed by atoms with Gasteiger partial charge in [0.2, 0.25) is 0 Å². The SMILES string of the molecule is O=C(NC1CCCCC1)c1nc(-c2ccc(Cl)cc2Cl)n(-c2ccc(Br)cc2)c1CO. The molecule has 3 aromatic rings. The van der Waals surface area contributed by atoms with Crippen LogP contribution < -0.4 is 5.32 Å². The minimum atomic E-state index is -0.346. The van der Waals surface area contributed by atoms with Crippen LogP contribution in [0.5, 0.6) is 0 Å². The van der Waals surface area contributed by atoms with E-state index in [0.29, 0.717) is 27.1 Å². The van der Waals surface area contributed by atoms with Gasteiger partial charge in [0.25, 0.3) is 5.91 Å². The van der Waals surface area contributed by atoms with Crippen LogP contribution in [0.15, 0.2) is 46.9 Å². The molecular weight excluding hydrogens is 501 g/mol. The van der Waals surface area contributed by atoms with Crippen LogP contribution in [0.1, 0.15) is 48.3 Å². The van der Waals surface area contributed by atoms with Crippen molar-refractivity contribution in [1.29, 1.82) is 0 Å². The molecule has 1 heterocycles. The number of nitrogens with zero attached hydrogens (tertiary/aromatic N) is 2. The summed E-state index contributed by atoms with van der Waals surface area (Å²) in [6, 6.07) is 12.8. The Hall–Kier alpha value is -1.86. The van der Waals surface area contributed by atoms with Gasteiger partial charge in [-0.05, 0) is 55.3 Å². The first-order valence-electron chi connectivity index (χ1n) is 10.2. The van der Waals surface area contributed by atoms with Crippen LogP contribution >= 0.6 is 39.1 Å². The summed E-state index contributed by atoms with van der Waals surface area (Å²) in [4.78, 5) is 17.8. The molecular formula is C23H22BrCl2N3O2. The van der Waals surface area contributed by atoms with E-state index in [1.54, 1.807) is 22.8 Å². The van der Waals surface area contributed by atoms with Crippen LogP contribution in [0.2, 0.25) is 10.0 Å². The molecule has 4 rings (SSSR count). The van der Waals surface area contributed by atoms with Crippen molar-refractivity contribution in [2.75, 3.05) is 0 Å². The molecule has 0 unspecified atom stereocenters. The van der Waals surface area contributed by atoms with Gasteiger partial charge in [-0.3, -0.25) is 9.36 Å². The Morgan fingerprint density at radius 1 is 1.13 bits per heavy atom. The summed E-state index contributed by atoms with van der Waals surface area (Å²) in [6.07, 6.45) is 5.34. The average Bonchev–Trinajstić information content (AvgIpc) is 3.14. The number of hydrogen-bond donors (Lipinski definition) is 2. The lowest BCUT2D eigenvalue weighted by Crippen LogP contribution is -2.36. The summed E-state index contributed by atoms with van der Waals surface area (Å²) < 4.78 is 2.69. The highest BCUT2D eigenvalue weighted by Crippen LogP contribution is 2.34. The molecule has 31 heavy (non-hydrogen) atoms. The largest absolute Gasteiger partial charge is 0.390 e. The second-order valence-electron chi connectivity index (χ2n) is 7.63. The summed E-state index contributed by atoms with van der Waals surface area (Å²) in [7, 11) is 0. The fourth-order valence-electron chi connectivity index (χ4n) is 4.00. The molecule has 1 fully saturated rings. The molecule has 0 bridgehead atoms. The fourth-order valence-corrected chi connectivity index (χ4v) is 4.76. The zero-order valence-corrected chi connectivity index (χ0v) is 19.8. The van der Waals surface area contributed by atoms with Crippen molar-refractivity contribution >= 4 is 45.0 Å². The zero-order chi connectivity index (χ0) is 22.0. The Kier molecular flexibility index (Phi) is 7.02. The summed E-state index contributed by atoms with van der Waals surface area (Å²) in [5, 5.41) is 14.3. The first-order chi connectivity index (χ1) is 15.0. The van der Waals surface area contributed by atoms with E-state index in [9.17, 15) is 9.90 Å². The molecule has 1 aliphatic rings. The molecule has 0 spiro atoms. The summed E-state index contributed by atoms with van der Waals surface area (Å²) in [5.41, 5.74) is 2.01. The Morgan fingerprint density at radius 3 is 2.48 bits per heavy atom. The highest BCUT2D eigenvalue weighted by molar-refractivity contribution is 9.10. The Labute approximate surface area is 199 Å². The molecule has 1 saturated carbocycles. The number of hydrogen-bond acceptors (Lipinski definition) is 3. The number of nitrogens with one attached hydrogen (secondary N) is 1. The van der Waals surface area contributed by atoms with Gasteiger partial charge in [0.1, 0.15) is 5.82 Å². The molecule has 162 valence electrons. The van der Waals surface area contributed by atoms with E-state index >= 15 is 0 Å². The van der Waals surface area contributed by atoms with Crippen molar-refractivity contribution in [2.24, 2.45) is 0 Å². The summed E-state index contributed by atoms with van der Waals surface area (Å²) >= 11 is 16.0. The number of rotatable bonds is 5. The minimum Gasteiger partial charge on any atom is -0.390 e. The van der Waals surface area contributed by atoms with Crippen molar-refractivity contribution in [3.05, 3.63) is 68.4 Å². The topological polar surface area (TPSA) is 67.2 Å². The maximum absolute atomic E-state index is 13.2. The highest BCUT2D eigenvalue weighted by atomic mass is 79.9. The monoisotopic (exact) mass is 521 g/mol. The van der Waals surface area contributed by atoms with E-state index in [0.717, 1.165) is 35.8 Å². The third-order valence-electron chi connectivity index (χ3n) is 5.53. The van der Waals surface area contributed by atoms with Gasteiger partial charge < -0.3 is 10.4 Å². The quantitative estimate of drug-likeness (QED) is 0.421. The number of imidazole rings is 1. The average molecular weight is 523 g/mol. The number of aliphatic hydroxyl groups is 1. The van der Waals surface area contributed by atoms with Gasteiger partial charge >= 0.3 is 0 Å². The predicted molar refractivity (Wildman–Crippen MR) is 127 cm³/mol. The number of amides is 1. The van der Waals surface area contributed by atoms with Crippen molar-refractivity contribution in [3.63, 3.8) is 0 Å². The molecule has 2 N–H and O–H groups in total. The molecule has 1 aromatic heterocycles. The lowest BCUT2D eigenvalue weighted by atomic mass is 9.95. The van der Waals surface area contributed by atoms with Gasteiger partial charge in [-0.1, -0.05) is 58.4 Å². The lowest BCUT2D eigenvalue weighted by molar-refractivity contribution is 0.0919. The number of carbonyl (C=O) groups excluding carboxylic acids is 1. The maximum atomic E-state index is 13.2. The first-order valence-corrected chi connectivity index (χ1v) is 11.8. The zero-order valence-electron chi connectivity index (χ0n) is 16.7. The molecule has 1 amide bonds. The maximum Gasteiger partial charge on any atom is 0.272 e. The van der Waals surface area contributed by atoms with Crippen LogP contribution in [0.25, 0.3) is 17.1 Å². The van der Waals surface area contributed by atoms with Crippen LogP contribution in [-0.2, 0) is 6.61 Å². The second kappa shape index (κ2) is 9.74. The Balaban J connectivity index is 1.84.